The van der Waals surface area contributed by atoms with E-state index < -0.39 is 10.0 Å². The molecule has 1 N–H and O–H groups in total. The topological polar surface area (TPSA) is 59.1 Å². The van der Waals surface area contributed by atoms with Crippen molar-refractivity contribution in [1.29, 1.82) is 0 Å². The molecule has 2 aromatic rings. The molecule has 1 heterocycles. The average Bonchev–Trinajstić information content (AvgIpc) is 2.52. The predicted octanol–water partition coefficient (Wildman–Crippen LogP) is 5.56. The van der Waals surface area contributed by atoms with E-state index >= 15 is 0 Å². The van der Waals surface area contributed by atoms with Crippen molar-refractivity contribution < 1.29 is 8.42 Å². The van der Waals surface area contributed by atoms with Crippen molar-refractivity contribution in [2.45, 2.75) is 71.1 Å². The van der Waals surface area contributed by atoms with Gasteiger partial charge in [-0.2, -0.15) is 0 Å². The molecule has 4 nitrogen and oxygen atoms in total. The van der Waals surface area contributed by atoms with Crippen LogP contribution in [0.4, 0.5) is 5.82 Å². The SMILES string of the molecule is Cc1cccc(NS(=O)(=O)c2c(C(C)C)cc(C(C)C)cc2C(C)C)n1. The Morgan fingerprint density at radius 3 is 1.85 bits per heavy atom. The summed E-state index contributed by atoms with van der Waals surface area (Å²) in [6.45, 7) is 14.2. The summed E-state index contributed by atoms with van der Waals surface area (Å²) in [4.78, 5) is 4.69. The van der Waals surface area contributed by atoms with Gasteiger partial charge in [0.15, 0.2) is 0 Å². The van der Waals surface area contributed by atoms with Gasteiger partial charge < -0.3 is 0 Å². The van der Waals surface area contributed by atoms with Gasteiger partial charge in [0.2, 0.25) is 0 Å². The molecule has 142 valence electrons. The Morgan fingerprint density at radius 2 is 1.42 bits per heavy atom. The summed E-state index contributed by atoms with van der Waals surface area (Å²) in [6.07, 6.45) is 0. The Kier molecular flexibility index (Phi) is 6.12. The molecule has 0 aliphatic heterocycles. The largest absolute Gasteiger partial charge is 0.263 e. The van der Waals surface area contributed by atoms with Crippen LogP contribution < -0.4 is 4.72 Å². The van der Waals surface area contributed by atoms with Crippen molar-refractivity contribution in [3.05, 3.63) is 52.7 Å². The lowest BCUT2D eigenvalue weighted by atomic mass is 9.89. The van der Waals surface area contributed by atoms with E-state index in [4.69, 9.17) is 0 Å². The fourth-order valence-electron chi connectivity index (χ4n) is 2.99. The normalized spacial score (nSPS) is 12.2. The molecule has 0 aliphatic rings. The molecule has 0 bridgehead atoms. The zero-order valence-corrected chi connectivity index (χ0v) is 17.6. The molecular weight excluding hydrogens is 344 g/mol. The number of nitrogens with zero attached hydrogens (tertiary/aromatic N) is 1. The van der Waals surface area contributed by atoms with Crippen LogP contribution in [0.5, 0.6) is 0 Å². The minimum Gasteiger partial charge on any atom is -0.263 e. The number of nitrogens with one attached hydrogen (secondary N) is 1. The molecule has 5 heteroatoms. The minimum absolute atomic E-state index is 0.100. The maximum atomic E-state index is 13.3. The highest BCUT2D eigenvalue weighted by Crippen LogP contribution is 2.35. The van der Waals surface area contributed by atoms with Crippen LogP contribution >= 0.6 is 0 Å². The van der Waals surface area contributed by atoms with Crippen LogP contribution in [-0.4, -0.2) is 13.4 Å². The summed E-state index contributed by atoms with van der Waals surface area (Å²) in [6, 6.07) is 9.40. The van der Waals surface area contributed by atoms with Gasteiger partial charge in [0.25, 0.3) is 10.0 Å². The second kappa shape index (κ2) is 7.78. The molecule has 1 aromatic carbocycles. The lowest BCUT2D eigenvalue weighted by molar-refractivity contribution is 0.595. The number of aromatic nitrogens is 1. The standard InChI is InChI=1S/C21H30N2O2S/c1-13(2)17-11-18(14(3)4)21(19(12-17)15(5)6)26(24,25)23-20-10-8-9-16(7)22-20/h8-15H,1-7H3,(H,22,23). The second-order valence-corrected chi connectivity index (χ2v) is 9.38. The van der Waals surface area contributed by atoms with Crippen LogP contribution in [0.15, 0.2) is 35.2 Å². The van der Waals surface area contributed by atoms with Gasteiger partial charge in [-0.05, 0) is 53.5 Å². The van der Waals surface area contributed by atoms with Crippen molar-refractivity contribution in [1.82, 2.24) is 4.98 Å². The van der Waals surface area contributed by atoms with Crippen LogP contribution in [0.3, 0.4) is 0 Å². The minimum atomic E-state index is -3.74. The summed E-state index contributed by atoms with van der Waals surface area (Å²) in [7, 11) is -3.74. The predicted molar refractivity (Wildman–Crippen MR) is 108 cm³/mol. The van der Waals surface area contributed by atoms with Gasteiger partial charge in [-0.15, -0.1) is 0 Å². The highest BCUT2D eigenvalue weighted by Gasteiger charge is 2.27. The number of rotatable bonds is 6. The Balaban J connectivity index is 2.69. The quantitative estimate of drug-likeness (QED) is 0.720. The van der Waals surface area contributed by atoms with Crippen LogP contribution in [0, 0.1) is 6.92 Å². The monoisotopic (exact) mass is 374 g/mol. The van der Waals surface area contributed by atoms with Crippen LogP contribution in [0.1, 0.15) is 81.7 Å². The van der Waals surface area contributed by atoms with Crippen LogP contribution in [-0.2, 0) is 10.0 Å². The first kappa shape index (κ1) is 20.4. The smallest absolute Gasteiger partial charge is 0.263 e. The third-order valence-electron chi connectivity index (χ3n) is 4.48. The fourth-order valence-corrected chi connectivity index (χ4v) is 4.69. The Bertz CT molecular complexity index is 856. The van der Waals surface area contributed by atoms with Gasteiger partial charge in [-0.25, -0.2) is 13.4 Å². The number of benzene rings is 1. The van der Waals surface area contributed by atoms with Gasteiger partial charge >= 0.3 is 0 Å². The van der Waals surface area contributed by atoms with Gasteiger partial charge in [0.1, 0.15) is 5.82 Å². The zero-order chi connectivity index (χ0) is 19.6. The number of hydrogen-bond acceptors (Lipinski definition) is 3. The Morgan fingerprint density at radius 1 is 0.885 bits per heavy atom. The lowest BCUT2D eigenvalue weighted by Crippen LogP contribution is -2.19. The molecule has 1 aromatic heterocycles. The number of aryl methyl sites for hydroxylation is 1. The molecular formula is C21H30N2O2S. The van der Waals surface area contributed by atoms with E-state index in [1.54, 1.807) is 12.1 Å². The van der Waals surface area contributed by atoms with E-state index in [1.807, 2.05) is 52.8 Å². The third kappa shape index (κ3) is 4.44. The molecule has 0 saturated heterocycles. The first-order valence-corrected chi connectivity index (χ1v) is 10.7. The summed E-state index contributed by atoms with van der Waals surface area (Å²) in [5.41, 5.74) is 3.67. The molecule has 0 unspecified atom stereocenters. The lowest BCUT2D eigenvalue weighted by Gasteiger charge is -2.23. The van der Waals surface area contributed by atoms with Gasteiger partial charge in [-0.3, -0.25) is 4.72 Å². The number of hydrogen-bond donors (Lipinski definition) is 1. The molecule has 0 saturated carbocycles. The summed E-state index contributed by atoms with van der Waals surface area (Å²) < 4.78 is 29.3. The second-order valence-electron chi connectivity index (χ2n) is 7.76. The molecule has 0 radical (unpaired) electrons. The highest BCUT2D eigenvalue weighted by molar-refractivity contribution is 7.92. The first-order chi connectivity index (χ1) is 12.0. The summed E-state index contributed by atoms with van der Waals surface area (Å²) in [5.74, 6) is 0.891. The average molecular weight is 375 g/mol. The first-order valence-electron chi connectivity index (χ1n) is 9.17. The van der Waals surface area contributed by atoms with Gasteiger partial charge in [0.05, 0.1) is 4.90 Å². The van der Waals surface area contributed by atoms with Crippen molar-refractivity contribution >= 4 is 15.8 Å². The Hall–Kier alpha value is -1.88. The van der Waals surface area contributed by atoms with E-state index in [2.05, 4.69) is 23.6 Å². The van der Waals surface area contributed by atoms with Crippen molar-refractivity contribution in [3.8, 4) is 0 Å². The summed E-state index contributed by atoms with van der Waals surface area (Å²) >= 11 is 0. The number of pyridine rings is 1. The van der Waals surface area contributed by atoms with E-state index in [1.165, 1.54) is 5.56 Å². The van der Waals surface area contributed by atoms with E-state index in [9.17, 15) is 8.42 Å². The number of anilines is 1. The molecule has 0 amide bonds. The van der Waals surface area contributed by atoms with Crippen LogP contribution in [0.2, 0.25) is 0 Å². The van der Waals surface area contributed by atoms with Crippen molar-refractivity contribution in [2.75, 3.05) is 4.72 Å². The molecule has 0 fully saturated rings. The molecule has 0 atom stereocenters. The van der Waals surface area contributed by atoms with E-state index in [-0.39, 0.29) is 11.8 Å². The van der Waals surface area contributed by atoms with Crippen molar-refractivity contribution in [3.63, 3.8) is 0 Å². The number of sulfonamides is 1. The molecule has 2 rings (SSSR count). The molecule has 0 spiro atoms. The molecule has 0 aliphatic carbocycles. The van der Waals surface area contributed by atoms with E-state index in [0.29, 0.717) is 16.6 Å². The third-order valence-corrected chi connectivity index (χ3v) is 5.96. The maximum Gasteiger partial charge on any atom is 0.263 e. The zero-order valence-electron chi connectivity index (χ0n) is 16.8. The highest BCUT2D eigenvalue weighted by atomic mass is 32.2. The molecule has 26 heavy (non-hydrogen) atoms. The van der Waals surface area contributed by atoms with Gasteiger partial charge in [-0.1, -0.05) is 59.7 Å². The van der Waals surface area contributed by atoms with Crippen molar-refractivity contribution in [2.24, 2.45) is 0 Å². The van der Waals surface area contributed by atoms with Gasteiger partial charge in [0, 0.05) is 5.69 Å². The fraction of sp³-hybridized carbons (Fsp3) is 0.476. The maximum absolute atomic E-state index is 13.3. The van der Waals surface area contributed by atoms with E-state index in [0.717, 1.165) is 16.8 Å². The van der Waals surface area contributed by atoms with Crippen LogP contribution in [0.25, 0.3) is 0 Å². The summed E-state index contributed by atoms with van der Waals surface area (Å²) in [5, 5.41) is 0. The Labute approximate surface area is 158 Å².